The number of rotatable bonds is 6. The largest absolute Gasteiger partial charge is 0.449 e. The molecule has 1 atom stereocenters. The normalized spacial score (nSPS) is 12.7. The van der Waals surface area contributed by atoms with Crippen LogP contribution in [0.15, 0.2) is 0 Å². The van der Waals surface area contributed by atoms with Crippen LogP contribution in [-0.4, -0.2) is 31.5 Å². The molecule has 0 heterocycles. The molecule has 0 spiro atoms. The van der Waals surface area contributed by atoms with Crippen molar-refractivity contribution in [2.24, 2.45) is 11.5 Å². The van der Waals surface area contributed by atoms with Crippen LogP contribution >= 0.6 is 0 Å². The Morgan fingerprint density at radius 3 is 2.33 bits per heavy atom. The summed E-state index contributed by atoms with van der Waals surface area (Å²) >= 11 is 0. The first kappa shape index (κ1) is 17.2. The van der Waals surface area contributed by atoms with Crippen molar-refractivity contribution in [3.63, 3.8) is 0 Å². The van der Waals surface area contributed by atoms with E-state index in [4.69, 9.17) is 16.0 Å². The Morgan fingerprint density at radius 2 is 1.93 bits per heavy atom. The van der Waals surface area contributed by atoms with Crippen LogP contribution in [0.2, 0.25) is 0 Å². The minimum atomic E-state index is -4.75. The maximum atomic E-state index is 10.8. The zero-order chi connectivity index (χ0) is 11.2. The average molecular weight is 281 g/mol. The fraction of sp³-hybridized carbons (Fsp3) is 0.833. The number of carbonyl (C=O) groups excluding carboxylic acids is 1. The molecule has 5 N–H and O–H groups in total. The summed E-state index contributed by atoms with van der Waals surface area (Å²) in [5, 5.41) is 0. The molecule has 0 unspecified atom stereocenters. The zero-order valence-corrected chi connectivity index (χ0v) is 9.92. The third-order valence-electron chi connectivity index (χ3n) is 1.46. The summed E-state index contributed by atoms with van der Waals surface area (Å²) in [6, 6.07) is -1.05. The molecule has 0 saturated carbocycles. The summed E-state index contributed by atoms with van der Waals surface area (Å²) in [5.74, 6) is -1.16. The van der Waals surface area contributed by atoms with E-state index in [2.05, 4.69) is 4.18 Å². The van der Waals surface area contributed by atoms with E-state index in [0.717, 1.165) is 0 Å². The van der Waals surface area contributed by atoms with E-state index >= 15 is 0 Å². The van der Waals surface area contributed by atoms with Crippen LogP contribution < -0.4 is 11.5 Å². The van der Waals surface area contributed by atoms with Crippen LogP contribution in [0.3, 0.4) is 0 Å². The van der Waals surface area contributed by atoms with Crippen molar-refractivity contribution in [3.8, 4) is 0 Å². The second kappa shape index (κ2) is 8.03. The van der Waals surface area contributed by atoms with E-state index in [1.54, 1.807) is 0 Å². The van der Waals surface area contributed by atoms with Gasteiger partial charge >= 0.3 is 16.4 Å². The first-order valence-electron chi connectivity index (χ1n) is 4.03. The average Bonchev–Trinajstić information content (AvgIpc) is 2.01. The molecular formula is C6H14MnN2O5S. The van der Waals surface area contributed by atoms with Crippen molar-refractivity contribution in [3.05, 3.63) is 0 Å². The maximum Gasteiger partial charge on any atom is 0.449 e. The van der Waals surface area contributed by atoms with E-state index < -0.39 is 22.4 Å². The molecule has 0 aliphatic heterocycles. The van der Waals surface area contributed by atoms with Gasteiger partial charge in [-0.2, -0.15) is 8.42 Å². The van der Waals surface area contributed by atoms with Crippen LogP contribution in [-0.2, 0) is 36.4 Å². The van der Waals surface area contributed by atoms with Gasteiger partial charge in [-0.05, 0) is 19.4 Å². The Morgan fingerprint density at radius 1 is 1.40 bits per heavy atom. The van der Waals surface area contributed by atoms with Gasteiger partial charge in [-0.1, -0.05) is 6.42 Å². The quantitative estimate of drug-likeness (QED) is 0.316. The van der Waals surface area contributed by atoms with E-state index in [1.807, 2.05) is 0 Å². The summed E-state index contributed by atoms with van der Waals surface area (Å²) in [6.07, 6.45) is 1.55. The molecular weight excluding hydrogens is 267 g/mol. The van der Waals surface area contributed by atoms with Gasteiger partial charge in [0.25, 0.3) is 0 Å². The van der Waals surface area contributed by atoms with Gasteiger partial charge in [-0.25, -0.2) is 4.79 Å². The van der Waals surface area contributed by atoms with Gasteiger partial charge in [0, 0.05) is 17.1 Å². The summed E-state index contributed by atoms with van der Waals surface area (Å²) in [7, 11) is -4.75. The summed E-state index contributed by atoms with van der Waals surface area (Å²) in [5.41, 5.74) is 10.5. The molecule has 0 aliphatic rings. The predicted octanol–water partition coefficient (Wildman–Crippen LogP) is -1.21. The van der Waals surface area contributed by atoms with Crippen molar-refractivity contribution >= 4 is 16.4 Å². The van der Waals surface area contributed by atoms with E-state index in [9.17, 15) is 13.2 Å². The number of nitrogens with two attached hydrogens (primary N) is 2. The van der Waals surface area contributed by atoms with Gasteiger partial charge in [0.2, 0.25) is 0 Å². The van der Waals surface area contributed by atoms with E-state index in [-0.39, 0.29) is 23.5 Å². The Labute approximate surface area is 99.0 Å². The van der Waals surface area contributed by atoms with Crippen LogP contribution in [0, 0.1) is 0 Å². The van der Waals surface area contributed by atoms with Gasteiger partial charge in [0.15, 0.2) is 0 Å². The molecule has 7 nitrogen and oxygen atoms in total. The third-order valence-corrected chi connectivity index (χ3v) is 1.83. The molecule has 0 rings (SSSR count). The molecule has 0 saturated heterocycles. The van der Waals surface area contributed by atoms with Crippen molar-refractivity contribution in [2.75, 3.05) is 6.54 Å². The minimum Gasteiger partial charge on any atom is -0.330 e. The molecule has 0 bridgehead atoms. The second-order valence-corrected chi connectivity index (χ2v) is 3.74. The van der Waals surface area contributed by atoms with Gasteiger partial charge < -0.3 is 15.7 Å². The van der Waals surface area contributed by atoms with Gasteiger partial charge in [0.05, 0.1) is 0 Å². The molecule has 1 radical (unpaired) electrons. The fourth-order valence-electron chi connectivity index (χ4n) is 0.792. The molecule has 0 aromatic rings. The Hall–Kier alpha value is -0.181. The Bertz CT molecular complexity index is 281. The first-order valence-corrected chi connectivity index (χ1v) is 5.39. The zero-order valence-electron chi connectivity index (χ0n) is 7.93. The van der Waals surface area contributed by atoms with Crippen molar-refractivity contribution in [1.29, 1.82) is 0 Å². The summed E-state index contributed by atoms with van der Waals surface area (Å²) in [4.78, 5) is 10.8. The monoisotopic (exact) mass is 281 g/mol. The molecule has 91 valence electrons. The summed E-state index contributed by atoms with van der Waals surface area (Å²) in [6.45, 7) is 0.472. The Balaban J connectivity index is 0. The van der Waals surface area contributed by atoms with Crippen LogP contribution in [0.25, 0.3) is 0 Å². The maximum absolute atomic E-state index is 10.8. The van der Waals surface area contributed by atoms with Crippen LogP contribution in [0.5, 0.6) is 0 Å². The molecule has 0 aromatic heterocycles. The van der Waals surface area contributed by atoms with Crippen molar-refractivity contribution in [2.45, 2.75) is 25.3 Å². The number of unbranched alkanes of at least 4 members (excludes halogenated alkanes) is 1. The fourth-order valence-corrected chi connectivity index (χ4v) is 1.12. The molecule has 0 fully saturated rings. The van der Waals surface area contributed by atoms with Gasteiger partial charge in [-0.3, -0.25) is 4.55 Å². The number of hydrogen-bond donors (Lipinski definition) is 3. The molecule has 0 aliphatic carbocycles. The number of hydrogen-bond acceptors (Lipinski definition) is 6. The van der Waals surface area contributed by atoms with Crippen LogP contribution in [0.1, 0.15) is 19.3 Å². The third kappa shape index (κ3) is 10.1. The van der Waals surface area contributed by atoms with E-state index in [0.29, 0.717) is 19.4 Å². The van der Waals surface area contributed by atoms with E-state index in [1.165, 1.54) is 0 Å². The van der Waals surface area contributed by atoms with Gasteiger partial charge in [-0.15, -0.1) is 0 Å². The molecule has 9 heteroatoms. The topological polar surface area (TPSA) is 133 Å². The first-order chi connectivity index (χ1) is 6.37. The molecule has 0 amide bonds. The molecule has 15 heavy (non-hydrogen) atoms. The van der Waals surface area contributed by atoms with Gasteiger partial charge in [0.1, 0.15) is 6.04 Å². The SMILES string of the molecule is NCCCC[C@H](N)C(=O)OS(=O)(=O)O.[Mn]. The number of carbonyl (C=O) groups is 1. The standard InChI is InChI=1S/C6H14N2O5S.Mn/c7-4-2-1-3-5(8)6(9)13-14(10,11)12;/h5H,1-4,7-8H2,(H,10,11,12);/t5-;/m0./s1. The smallest absolute Gasteiger partial charge is 0.330 e. The minimum absolute atomic E-state index is 0. The predicted molar refractivity (Wildman–Crippen MR) is 48.5 cm³/mol. The summed E-state index contributed by atoms with van der Waals surface area (Å²) < 4.78 is 32.1. The Kier molecular flexibility index (Phi) is 9.22. The second-order valence-electron chi connectivity index (χ2n) is 2.72. The van der Waals surface area contributed by atoms with Crippen molar-refractivity contribution < 1.29 is 39.0 Å². The van der Waals surface area contributed by atoms with Crippen molar-refractivity contribution in [1.82, 2.24) is 0 Å². The molecule has 0 aromatic carbocycles. The van der Waals surface area contributed by atoms with Crippen LogP contribution in [0.4, 0.5) is 0 Å².